The largest absolute Gasteiger partial charge is 0.370 e. The first-order valence-corrected chi connectivity index (χ1v) is 8.42. The van der Waals surface area contributed by atoms with Gasteiger partial charge in [0, 0.05) is 38.8 Å². The molecule has 1 fully saturated rings. The highest BCUT2D eigenvalue weighted by Crippen LogP contribution is 2.31. The Bertz CT molecular complexity index is 616. The Labute approximate surface area is 137 Å². The molecule has 23 heavy (non-hydrogen) atoms. The lowest BCUT2D eigenvalue weighted by atomic mass is 9.97. The average Bonchev–Trinajstić information content (AvgIpc) is 3.16. The van der Waals surface area contributed by atoms with Crippen molar-refractivity contribution in [1.82, 2.24) is 10.2 Å². The normalized spacial score (nSPS) is 23.0. The third-order valence-electron chi connectivity index (χ3n) is 5.24. The second-order valence-electron chi connectivity index (χ2n) is 6.62. The van der Waals surface area contributed by atoms with Crippen LogP contribution in [0.15, 0.2) is 24.3 Å². The number of likely N-dealkylation sites (tertiary alicyclic amines) is 1. The van der Waals surface area contributed by atoms with Crippen molar-refractivity contribution in [2.75, 3.05) is 31.6 Å². The highest BCUT2D eigenvalue weighted by Gasteiger charge is 2.44. The van der Waals surface area contributed by atoms with Gasteiger partial charge in [-0.2, -0.15) is 0 Å². The monoisotopic (exact) mass is 315 g/mol. The number of carbonyl (C=O) groups is 2. The molecule has 5 heteroatoms. The number of para-hydroxylation sites is 1. The number of amides is 2. The number of fused-ring (bicyclic) bond motifs is 1. The molecule has 5 nitrogen and oxygen atoms in total. The molecule has 2 aliphatic heterocycles. The summed E-state index contributed by atoms with van der Waals surface area (Å²) >= 11 is 0. The lowest BCUT2D eigenvalue weighted by Gasteiger charge is -2.34. The van der Waals surface area contributed by atoms with Gasteiger partial charge in [-0.05, 0) is 37.8 Å². The molecule has 3 rings (SSSR count). The smallest absolute Gasteiger partial charge is 0.245 e. The predicted molar refractivity (Wildman–Crippen MR) is 90.4 cm³/mol. The van der Waals surface area contributed by atoms with Gasteiger partial charge in [-0.25, -0.2) is 0 Å². The van der Waals surface area contributed by atoms with Gasteiger partial charge in [0.05, 0.1) is 0 Å². The number of benzene rings is 1. The Hall–Kier alpha value is -2.04. The molecule has 1 aromatic carbocycles. The van der Waals surface area contributed by atoms with Crippen LogP contribution in [0.5, 0.6) is 0 Å². The molecule has 0 spiro atoms. The summed E-state index contributed by atoms with van der Waals surface area (Å²) in [6.45, 7) is 4.25. The molecule has 0 bridgehead atoms. The molecule has 1 atom stereocenters. The van der Waals surface area contributed by atoms with Crippen LogP contribution in [0.3, 0.4) is 0 Å². The second-order valence-corrected chi connectivity index (χ2v) is 6.62. The molecule has 0 radical (unpaired) electrons. The minimum atomic E-state index is -0.686. The van der Waals surface area contributed by atoms with Crippen molar-refractivity contribution in [2.24, 2.45) is 0 Å². The maximum absolute atomic E-state index is 12.7. The van der Waals surface area contributed by atoms with E-state index in [0.717, 1.165) is 32.4 Å². The van der Waals surface area contributed by atoms with Crippen LogP contribution in [0.2, 0.25) is 0 Å². The third-order valence-corrected chi connectivity index (χ3v) is 5.24. The molecule has 0 aliphatic carbocycles. The number of carbonyl (C=O) groups excluding carboxylic acids is 2. The van der Waals surface area contributed by atoms with Gasteiger partial charge in [0.25, 0.3) is 0 Å². The number of likely N-dealkylation sites (N-methyl/N-ethyl adjacent to an activating group) is 1. The van der Waals surface area contributed by atoms with Gasteiger partial charge < -0.3 is 15.1 Å². The van der Waals surface area contributed by atoms with Crippen molar-refractivity contribution in [3.8, 4) is 0 Å². The number of anilines is 1. The van der Waals surface area contributed by atoms with Crippen molar-refractivity contribution < 1.29 is 9.59 Å². The van der Waals surface area contributed by atoms with E-state index in [9.17, 15) is 9.59 Å². The van der Waals surface area contributed by atoms with Crippen LogP contribution in [0, 0.1) is 0 Å². The highest BCUT2D eigenvalue weighted by atomic mass is 16.2. The Morgan fingerprint density at radius 3 is 2.83 bits per heavy atom. The summed E-state index contributed by atoms with van der Waals surface area (Å²) in [5, 5.41) is 2.70. The van der Waals surface area contributed by atoms with Gasteiger partial charge in [0.15, 0.2) is 0 Å². The number of rotatable bonds is 4. The molecule has 124 valence electrons. The van der Waals surface area contributed by atoms with E-state index in [1.54, 1.807) is 11.9 Å². The van der Waals surface area contributed by atoms with Crippen LogP contribution < -0.4 is 10.2 Å². The number of hydrogen-bond acceptors (Lipinski definition) is 3. The molecular weight excluding hydrogens is 290 g/mol. The molecule has 1 N–H and O–H groups in total. The van der Waals surface area contributed by atoms with Gasteiger partial charge in [-0.1, -0.05) is 18.2 Å². The standard InChI is InChI=1S/C18H25N3O2/c1-18(17(23)19-2)10-5-11-21(18)16(22)9-13-20-12-8-14-6-3-4-7-15(14)20/h3-4,6-7H,5,8-13H2,1-2H3,(H,19,23)/t18-/m0/s1. The molecule has 0 saturated carbocycles. The quantitative estimate of drug-likeness (QED) is 0.917. The summed E-state index contributed by atoms with van der Waals surface area (Å²) in [5.74, 6) is 0.0212. The van der Waals surface area contributed by atoms with E-state index in [1.165, 1.54) is 11.3 Å². The molecule has 1 aromatic rings. The molecule has 0 unspecified atom stereocenters. The van der Waals surface area contributed by atoms with Gasteiger partial charge in [0.2, 0.25) is 11.8 Å². The van der Waals surface area contributed by atoms with Gasteiger partial charge >= 0.3 is 0 Å². The molecule has 2 heterocycles. The molecule has 1 saturated heterocycles. The fourth-order valence-electron chi connectivity index (χ4n) is 3.87. The van der Waals surface area contributed by atoms with E-state index in [4.69, 9.17) is 0 Å². The minimum Gasteiger partial charge on any atom is -0.370 e. The van der Waals surface area contributed by atoms with Crippen LogP contribution in [-0.2, 0) is 16.0 Å². The highest BCUT2D eigenvalue weighted by molar-refractivity contribution is 5.91. The maximum Gasteiger partial charge on any atom is 0.245 e. The van der Waals surface area contributed by atoms with E-state index >= 15 is 0 Å². The van der Waals surface area contributed by atoms with Crippen LogP contribution >= 0.6 is 0 Å². The summed E-state index contributed by atoms with van der Waals surface area (Å²) in [4.78, 5) is 28.9. The van der Waals surface area contributed by atoms with E-state index in [1.807, 2.05) is 13.0 Å². The van der Waals surface area contributed by atoms with Crippen molar-refractivity contribution in [2.45, 2.75) is 38.1 Å². The summed E-state index contributed by atoms with van der Waals surface area (Å²) in [6.07, 6.45) is 3.14. The third kappa shape index (κ3) is 2.80. The molecule has 2 aliphatic rings. The summed E-state index contributed by atoms with van der Waals surface area (Å²) in [7, 11) is 1.63. The van der Waals surface area contributed by atoms with Gasteiger partial charge in [-0.3, -0.25) is 9.59 Å². The Morgan fingerprint density at radius 2 is 2.04 bits per heavy atom. The number of nitrogens with zero attached hydrogens (tertiary/aromatic N) is 2. The Kier molecular flexibility index (Phi) is 4.28. The average molecular weight is 315 g/mol. The van der Waals surface area contributed by atoms with Crippen LogP contribution in [0.1, 0.15) is 31.7 Å². The van der Waals surface area contributed by atoms with Gasteiger partial charge in [-0.15, -0.1) is 0 Å². The topological polar surface area (TPSA) is 52.7 Å². The first kappa shape index (κ1) is 15.8. The Balaban J connectivity index is 1.63. The number of hydrogen-bond donors (Lipinski definition) is 1. The first-order valence-electron chi connectivity index (χ1n) is 8.42. The van der Waals surface area contributed by atoms with E-state index in [-0.39, 0.29) is 11.8 Å². The SMILES string of the molecule is CNC(=O)[C@]1(C)CCCN1C(=O)CCN1CCc2ccccc21. The number of nitrogens with one attached hydrogen (secondary N) is 1. The summed E-state index contributed by atoms with van der Waals surface area (Å²) in [6, 6.07) is 8.38. The van der Waals surface area contributed by atoms with Crippen molar-refractivity contribution >= 4 is 17.5 Å². The maximum atomic E-state index is 12.7. The van der Waals surface area contributed by atoms with Gasteiger partial charge in [0.1, 0.15) is 5.54 Å². The van der Waals surface area contributed by atoms with E-state index in [2.05, 4.69) is 28.4 Å². The van der Waals surface area contributed by atoms with Crippen LogP contribution in [0.25, 0.3) is 0 Å². The lowest BCUT2D eigenvalue weighted by Crippen LogP contribution is -2.55. The molecule has 0 aromatic heterocycles. The fraction of sp³-hybridized carbons (Fsp3) is 0.556. The minimum absolute atomic E-state index is 0.0603. The zero-order valence-corrected chi connectivity index (χ0v) is 14.0. The van der Waals surface area contributed by atoms with E-state index in [0.29, 0.717) is 13.0 Å². The zero-order chi connectivity index (χ0) is 16.4. The fourth-order valence-corrected chi connectivity index (χ4v) is 3.87. The van der Waals surface area contributed by atoms with Crippen LogP contribution in [0.4, 0.5) is 5.69 Å². The molecular formula is C18H25N3O2. The zero-order valence-electron chi connectivity index (χ0n) is 14.0. The van der Waals surface area contributed by atoms with E-state index < -0.39 is 5.54 Å². The van der Waals surface area contributed by atoms with Crippen molar-refractivity contribution in [3.63, 3.8) is 0 Å². The summed E-state index contributed by atoms with van der Waals surface area (Å²) < 4.78 is 0. The molecule has 2 amide bonds. The lowest BCUT2D eigenvalue weighted by molar-refractivity contribution is -0.143. The van der Waals surface area contributed by atoms with Crippen molar-refractivity contribution in [1.29, 1.82) is 0 Å². The second kappa shape index (κ2) is 6.22. The van der Waals surface area contributed by atoms with Crippen molar-refractivity contribution in [3.05, 3.63) is 29.8 Å². The Morgan fingerprint density at radius 1 is 1.26 bits per heavy atom. The van der Waals surface area contributed by atoms with Crippen LogP contribution in [-0.4, -0.2) is 48.9 Å². The first-order chi connectivity index (χ1) is 11.1. The predicted octanol–water partition coefficient (Wildman–Crippen LogP) is 1.57. The summed E-state index contributed by atoms with van der Waals surface area (Å²) in [5.41, 5.74) is 1.92.